The predicted octanol–water partition coefficient (Wildman–Crippen LogP) is 6.12. The van der Waals surface area contributed by atoms with E-state index >= 15 is 0 Å². The van der Waals surface area contributed by atoms with Crippen molar-refractivity contribution in [1.82, 2.24) is 19.7 Å². The Labute approximate surface area is 321 Å². The number of phenols is 1. The number of fused-ring (bicyclic) bond motifs is 1. The lowest BCUT2D eigenvalue weighted by atomic mass is 10.1. The molecule has 2 aliphatic heterocycles. The summed E-state index contributed by atoms with van der Waals surface area (Å²) in [6.45, 7) is 13.9. The molecular formula is C40H53N7O8. The van der Waals surface area contributed by atoms with Crippen molar-refractivity contribution in [3.63, 3.8) is 0 Å². The maximum absolute atomic E-state index is 12.6. The second kappa shape index (κ2) is 17.6. The number of amides is 3. The van der Waals surface area contributed by atoms with Crippen LogP contribution >= 0.6 is 0 Å². The number of nitrogens with zero attached hydrogens (tertiary/aromatic N) is 6. The van der Waals surface area contributed by atoms with Crippen LogP contribution in [-0.2, 0) is 18.2 Å². The van der Waals surface area contributed by atoms with Gasteiger partial charge in [-0.3, -0.25) is 14.7 Å². The van der Waals surface area contributed by atoms with E-state index in [4.69, 9.17) is 9.15 Å². The van der Waals surface area contributed by atoms with E-state index in [0.29, 0.717) is 44.0 Å². The molecule has 15 heteroatoms. The van der Waals surface area contributed by atoms with E-state index in [1.165, 1.54) is 22.3 Å². The zero-order valence-electron chi connectivity index (χ0n) is 32.6. The topological polar surface area (TPSA) is 167 Å². The zero-order valence-corrected chi connectivity index (χ0v) is 32.6. The summed E-state index contributed by atoms with van der Waals surface area (Å²) in [6, 6.07) is 20.6. The van der Waals surface area contributed by atoms with Gasteiger partial charge in [-0.2, -0.15) is 0 Å². The van der Waals surface area contributed by atoms with Crippen molar-refractivity contribution in [1.29, 1.82) is 0 Å². The number of aromatic hydroxyl groups is 1. The molecule has 2 fully saturated rings. The molecule has 15 nitrogen and oxygen atoms in total. The summed E-state index contributed by atoms with van der Waals surface area (Å²) in [5.74, 6) is -0.717. The van der Waals surface area contributed by atoms with Crippen molar-refractivity contribution < 1.29 is 28.8 Å². The summed E-state index contributed by atoms with van der Waals surface area (Å²) >= 11 is 0. The lowest BCUT2D eigenvalue weighted by Crippen LogP contribution is -2.56. The first-order valence-corrected chi connectivity index (χ1v) is 18.8. The van der Waals surface area contributed by atoms with Crippen LogP contribution < -0.4 is 20.9 Å². The average molecular weight is 760 g/mol. The number of urea groups is 1. The molecule has 2 aliphatic rings. The van der Waals surface area contributed by atoms with Gasteiger partial charge in [0.15, 0.2) is 11.3 Å². The summed E-state index contributed by atoms with van der Waals surface area (Å²) in [6.07, 6.45) is 2.72. The number of rotatable bonds is 8. The normalized spacial score (nSPS) is 17.4. The van der Waals surface area contributed by atoms with E-state index in [9.17, 15) is 29.6 Å². The number of piperazine rings is 2. The zero-order chi connectivity index (χ0) is 39.9. The quantitative estimate of drug-likeness (QED) is 0.121. The van der Waals surface area contributed by atoms with Gasteiger partial charge in [-0.25, -0.2) is 14.4 Å². The van der Waals surface area contributed by atoms with Crippen LogP contribution in [0.1, 0.15) is 53.0 Å². The molecule has 3 aromatic carbocycles. The van der Waals surface area contributed by atoms with Gasteiger partial charge in [-0.05, 0) is 77.6 Å². The number of aryl methyl sites for hydroxylation is 2. The van der Waals surface area contributed by atoms with Crippen molar-refractivity contribution >= 4 is 40.3 Å². The molecule has 0 saturated carbocycles. The highest BCUT2D eigenvalue weighted by molar-refractivity contribution is 5.78. The average Bonchev–Trinajstić information content (AvgIpc) is 3.42. The Bertz CT molecular complexity index is 2010. The van der Waals surface area contributed by atoms with Crippen LogP contribution in [0.3, 0.4) is 0 Å². The molecule has 296 valence electrons. The molecule has 55 heavy (non-hydrogen) atoms. The van der Waals surface area contributed by atoms with Crippen LogP contribution in [0.5, 0.6) is 5.75 Å². The molecule has 2 atom stereocenters. The molecule has 6 rings (SSSR count). The van der Waals surface area contributed by atoms with Crippen molar-refractivity contribution in [2.75, 3.05) is 55.6 Å². The molecule has 3 amide bonds. The lowest BCUT2D eigenvalue weighted by molar-refractivity contribution is -0.385. The number of nitrogens with one attached hydrogen (secondary N) is 1. The number of oxazole rings is 1. The summed E-state index contributed by atoms with van der Waals surface area (Å²) in [4.78, 5) is 54.5. The van der Waals surface area contributed by atoms with Crippen LogP contribution in [0.15, 0.2) is 75.9 Å². The van der Waals surface area contributed by atoms with Gasteiger partial charge in [0, 0.05) is 94.5 Å². The number of nitro benzene ring substituents is 1. The molecule has 0 spiro atoms. The van der Waals surface area contributed by atoms with Crippen LogP contribution in [0.25, 0.3) is 11.1 Å². The first kappa shape index (κ1) is 40.5. The number of unbranched alkanes of at least 4 members (excludes halogenated alkanes) is 1. The Hall–Kier alpha value is -5.73. The number of carbonyl (C=O) groups excluding carboxylic acids is 2. The van der Waals surface area contributed by atoms with Gasteiger partial charge in [0.1, 0.15) is 5.60 Å². The van der Waals surface area contributed by atoms with E-state index < -0.39 is 10.5 Å². The minimum Gasteiger partial charge on any atom is -0.502 e. The van der Waals surface area contributed by atoms with Gasteiger partial charge in [0.2, 0.25) is 0 Å². The fraction of sp³-hybridized carbons (Fsp3) is 0.475. The van der Waals surface area contributed by atoms with Gasteiger partial charge in [-0.1, -0.05) is 30.3 Å². The Morgan fingerprint density at radius 3 is 2.13 bits per heavy atom. The number of carbonyl (C=O) groups is 2. The fourth-order valence-corrected chi connectivity index (χ4v) is 6.86. The maximum atomic E-state index is 12.6. The third-order valence-electron chi connectivity index (χ3n) is 9.82. The molecule has 4 aromatic rings. The van der Waals surface area contributed by atoms with Gasteiger partial charge in [-0.15, -0.1) is 0 Å². The van der Waals surface area contributed by atoms with Gasteiger partial charge < -0.3 is 39.2 Å². The summed E-state index contributed by atoms with van der Waals surface area (Å²) < 4.78 is 12.2. The largest absolute Gasteiger partial charge is 0.502 e. The molecule has 0 bridgehead atoms. The SMILES string of the molecule is C[C@@H]1CN(c2ccc([N+](=O)[O-])c(O)c2)CCN1C(=O)OC(C)(C)C.C[C@@H]1CN(c2ccc3c(c2)oc(=O)n3C)CCN1C(=O)NCCCCc1ccccc1. The lowest BCUT2D eigenvalue weighted by Gasteiger charge is -2.41. The number of ether oxygens (including phenoxy) is 1. The minimum absolute atomic E-state index is 0.0105. The summed E-state index contributed by atoms with van der Waals surface area (Å²) in [5.41, 5.74) is 3.55. The third-order valence-corrected chi connectivity index (χ3v) is 9.82. The molecule has 0 unspecified atom stereocenters. The number of aromatic nitrogens is 1. The van der Waals surface area contributed by atoms with E-state index in [0.717, 1.165) is 43.6 Å². The van der Waals surface area contributed by atoms with Gasteiger partial charge in [0.25, 0.3) is 0 Å². The molecule has 2 N–H and O–H groups in total. The predicted molar refractivity (Wildman–Crippen MR) is 212 cm³/mol. The highest BCUT2D eigenvalue weighted by Gasteiger charge is 2.32. The van der Waals surface area contributed by atoms with E-state index in [1.807, 2.05) is 61.8 Å². The van der Waals surface area contributed by atoms with E-state index in [2.05, 4.69) is 41.4 Å². The highest BCUT2D eigenvalue weighted by Crippen LogP contribution is 2.31. The Morgan fingerprint density at radius 2 is 1.53 bits per heavy atom. The van der Waals surface area contributed by atoms with Crippen LogP contribution in [0, 0.1) is 10.1 Å². The third kappa shape index (κ3) is 10.5. The maximum Gasteiger partial charge on any atom is 0.419 e. The van der Waals surface area contributed by atoms with E-state index in [-0.39, 0.29) is 41.4 Å². The van der Waals surface area contributed by atoms with Crippen molar-refractivity contribution in [2.24, 2.45) is 7.05 Å². The molecule has 1 aromatic heterocycles. The Kier molecular flexibility index (Phi) is 12.9. The smallest absolute Gasteiger partial charge is 0.419 e. The van der Waals surface area contributed by atoms with Crippen molar-refractivity contribution in [3.8, 4) is 5.75 Å². The Morgan fingerprint density at radius 1 is 0.909 bits per heavy atom. The standard InChI is InChI=1S/C24H30N4O3.C16H23N3O5/c1-18-17-27(20-11-12-21-22(16-20)31-24(30)26(21)2)14-15-28(18)23(29)25-13-7-6-10-19-8-4-3-5-9-19;1-11-10-17(7-8-18(11)15(21)24-16(2,3)4)12-5-6-13(19(22)23)14(20)9-12/h3-5,8-9,11-12,16,18H,6-7,10,13-15,17H2,1-2H3,(H,25,29);5-6,9,11,20H,7-8,10H2,1-4H3/t18-;11-/m11/s1. The minimum atomic E-state index is -0.623. The molecule has 0 aliphatic carbocycles. The number of anilines is 2. The number of hydrogen-bond acceptors (Lipinski definition) is 10. The van der Waals surface area contributed by atoms with Crippen LogP contribution in [0.4, 0.5) is 26.7 Å². The molecule has 3 heterocycles. The van der Waals surface area contributed by atoms with Gasteiger partial charge >= 0.3 is 23.6 Å². The molecule has 2 saturated heterocycles. The monoisotopic (exact) mass is 759 g/mol. The summed E-state index contributed by atoms with van der Waals surface area (Å²) in [7, 11) is 1.70. The van der Waals surface area contributed by atoms with Crippen molar-refractivity contribution in [3.05, 3.63) is 93.0 Å². The fourth-order valence-electron chi connectivity index (χ4n) is 6.86. The second-order valence-electron chi connectivity index (χ2n) is 15.1. The van der Waals surface area contributed by atoms with Crippen LogP contribution in [0.2, 0.25) is 0 Å². The Balaban J connectivity index is 0.000000219. The highest BCUT2D eigenvalue weighted by atomic mass is 16.6. The second-order valence-corrected chi connectivity index (χ2v) is 15.1. The first-order chi connectivity index (χ1) is 26.1. The van der Waals surface area contributed by atoms with Crippen LogP contribution in [-0.4, -0.2) is 100 Å². The molecule has 0 radical (unpaired) electrons. The molecular weight excluding hydrogens is 706 g/mol. The summed E-state index contributed by atoms with van der Waals surface area (Å²) in [5, 5.41) is 23.6. The number of hydrogen-bond donors (Lipinski definition) is 2. The van der Waals surface area contributed by atoms with E-state index in [1.54, 1.807) is 18.0 Å². The van der Waals surface area contributed by atoms with Gasteiger partial charge in [0.05, 0.1) is 10.4 Å². The number of phenolic OH excluding ortho intramolecular Hbond substituents is 1. The van der Waals surface area contributed by atoms with Crippen molar-refractivity contribution in [2.45, 2.75) is 71.6 Å². The number of benzene rings is 3. The number of nitro groups is 1. The first-order valence-electron chi connectivity index (χ1n) is 18.8.